The molecule has 0 aliphatic heterocycles. The molecule has 0 bridgehead atoms. The molecule has 0 aliphatic rings. The molecular weight excluding hydrogens is 234 g/mol. The van der Waals surface area contributed by atoms with Gasteiger partial charge in [0.05, 0.1) is 11.4 Å². The number of nitrogens with two attached hydrogens (primary N) is 1. The number of nitrogens with zero attached hydrogens (tertiary/aromatic N) is 2. The molecule has 0 fully saturated rings. The van der Waals surface area contributed by atoms with Crippen LogP contribution >= 0.6 is 11.8 Å². The predicted molar refractivity (Wildman–Crippen MR) is 67.7 cm³/mol. The Morgan fingerprint density at radius 3 is 2.71 bits per heavy atom. The van der Waals surface area contributed by atoms with E-state index < -0.39 is 0 Å². The Morgan fingerprint density at radius 2 is 2.18 bits per heavy atom. The zero-order chi connectivity index (χ0) is 12.3. The molecule has 0 aromatic carbocycles. The van der Waals surface area contributed by atoms with Crippen LogP contribution in [0.2, 0.25) is 0 Å². The zero-order valence-electron chi connectivity index (χ0n) is 9.83. The third kappa shape index (κ3) is 3.08. The number of aryl methyl sites for hydroxylation is 1. The van der Waals surface area contributed by atoms with Crippen LogP contribution in [0, 0.1) is 6.92 Å². The van der Waals surface area contributed by atoms with Crippen molar-refractivity contribution in [2.45, 2.75) is 30.2 Å². The standard InChI is InChI=1S/C12H15N3OS/c1-8-3-4-10(16-8)12(9(2)13)17-11-7-14-5-6-15-11/h3-7,9,12H,13H2,1-2H3. The number of aromatic nitrogens is 2. The van der Waals surface area contributed by atoms with Crippen molar-refractivity contribution in [1.82, 2.24) is 9.97 Å². The third-order valence-electron chi connectivity index (χ3n) is 2.31. The maximum atomic E-state index is 6.00. The fourth-order valence-electron chi connectivity index (χ4n) is 1.51. The average Bonchev–Trinajstić information content (AvgIpc) is 2.73. The number of rotatable bonds is 4. The summed E-state index contributed by atoms with van der Waals surface area (Å²) in [5.41, 5.74) is 6.00. The largest absolute Gasteiger partial charge is 0.465 e. The smallest absolute Gasteiger partial charge is 0.119 e. The molecule has 2 aromatic heterocycles. The second kappa shape index (κ2) is 5.33. The Bertz CT molecular complexity index is 470. The van der Waals surface area contributed by atoms with E-state index in [-0.39, 0.29) is 11.3 Å². The maximum absolute atomic E-state index is 6.00. The van der Waals surface area contributed by atoms with E-state index in [1.807, 2.05) is 26.0 Å². The molecule has 90 valence electrons. The number of hydrogen-bond acceptors (Lipinski definition) is 5. The molecule has 2 rings (SSSR count). The van der Waals surface area contributed by atoms with Gasteiger partial charge in [-0.3, -0.25) is 4.98 Å². The first-order chi connectivity index (χ1) is 8.16. The third-order valence-corrected chi connectivity index (χ3v) is 3.67. The SMILES string of the molecule is Cc1ccc(C(Sc2cnccn2)C(C)N)o1. The summed E-state index contributed by atoms with van der Waals surface area (Å²) in [6.07, 6.45) is 5.06. The van der Waals surface area contributed by atoms with Crippen LogP contribution in [0.5, 0.6) is 0 Å². The van der Waals surface area contributed by atoms with Crippen molar-refractivity contribution in [2.24, 2.45) is 5.73 Å². The van der Waals surface area contributed by atoms with Crippen molar-refractivity contribution >= 4 is 11.8 Å². The average molecular weight is 249 g/mol. The molecule has 0 aliphatic carbocycles. The van der Waals surface area contributed by atoms with Gasteiger partial charge in [-0.2, -0.15) is 0 Å². The lowest BCUT2D eigenvalue weighted by atomic mass is 10.2. The Morgan fingerprint density at radius 1 is 1.35 bits per heavy atom. The highest BCUT2D eigenvalue weighted by Gasteiger charge is 2.21. The van der Waals surface area contributed by atoms with E-state index in [0.29, 0.717) is 0 Å². The Labute approximate surface area is 105 Å². The summed E-state index contributed by atoms with van der Waals surface area (Å²) >= 11 is 1.57. The lowest BCUT2D eigenvalue weighted by molar-refractivity contribution is 0.464. The van der Waals surface area contributed by atoms with E-state index in [9.17, 15) is 0 Å². The fourth-order valence-corrected chi connectivity index (χ4v) is 2.47. The highest BCUT2D eigenvalue weighted by Crippen LogP contribution is 2.36. The van der Waals surface area contributed by atoms with E-state index >= 15 is 0 Å². The molecule has 0 spiro atoms. The van der Waals surface area contributed by atoms with Gasteiger partial charge in [-0.25, -0.2) is 4.98 Å². The molecule has 2 N–H and O–H groups in total. The lowest BCUT2D eigenvalue weighted by Gasteiger charge is -2.17. The van der Waals surface area contributed by atoms with Crippen molar-refractivity contribution in [1.29, 1.82) is 0 Å². The first kappa shape index (κ1) is 12.1. The Balaban J connectivity index is 2.19. The molecule has 2 heterocycles. The van der Waals surface area contributed by atoms with Gasteiger partial charge in [0.25, 0.3) is 0 Å². The summed E-state index contributed by atoms with van der Waals surface area (Å²) in [4.78, 5) is 8.28. The summed E-state index contributed by atoms with van der Waals surface area (Å²) in [5, 5.41) is 0.907. The van der Waals surface area contributed by atoms with Crippen LogP contribution in [0.1, 0.15) is 23.7 Å². The van der Waals surface area contributed by atoms with Gasteiger partial charge in [0.1, 0.15) is 16.5 Å². The Kier molecular flexibility index (Phi) is 3.81. The maximum Gasteiger partial charge on any atom is 0.119 e. The molecule has 2 atom stereocenters. The van der Waals surface area contributed by atoms with Crippen LogP contribution in [0.4, 0.5) is 0 Å². The monoisotopic (exact) mass is 249 g/mol. The molecule has 2 aromatic rings. The van der Waals surface area contributed by atoms with Gasteiger partial charge in [0, 0.05) is 18.4 Å². The number of furan rings is 1. The first-order valence-corrected chi connectivity index (χ1v) is 6.29. The minimum Gasteiger partial charge on any atom is -0.465 e. The van der Waals surface area contributed by atoms with Crippen LogP contribution in [0.25, 0.3) is 0 Å². The summed E-state index contributed by atoms with van der Waals surface area (Å²) in [5.74, 6) is 1.78. The van der Waals surface area contributed by atoms with Crippen molar-refractivity contribution in [3.63, 3.8) is 0 Å². The van der Waals surface area contributed by atoms with Crippen molar-refractivity contribution in [3.8, 4) is 0 Å². The molecule has 2 unspecified atom stereocenters. The van der Waals surface area contributed by atoms with Gasteiger partial charge in [-0.1, -0.05) is 11.8 Å². The van der Waals surface area contributed by atoms with Crippen LogP contribution in [0.3, 0.4) is 0 Å². The van der Waals surface area contributed by atoms with E-state index in [1.165, 1.54) is 0 Å². The highest BCUT2D eigenvalue weighted by molar-refractivity contribution is 7.99. The van der Waals surface area contributed by atoms with Crippen molar-refractivity contribution in [2.75, 3.05) is 0 Å². The van der Waals surface area contributed by atoms with Crippen molar-refractivity contribution < 1.29 is 4.42 Å². The normalized spacial score (nSPS) is 14.5. The Hall–Kier alpha value is -1.33. The minimum atomic E-state index is -0.0208. The van der Waals surface area contributed by atoms with Crippen LogP contribution in [-0.4, -0.2) is 16.0 Å². The number of hydrogen-bond donors (Lipinski definition) is 1. The first-order valence-electron chi connectivity index (χ1n) is 5.41. The van der Waals surface area contributed by atoms with Crippen molar-refractivity contribution in [3.05, 3.63) is 42.2 Å². The second-order valence-electron chi connectivity index (χ2n) is 3.89. The summed E-state index contributed by atoms with van der Waals surface area (Å²) < 4.78 is 5.63. The topological polar surface area (TPSA) is 64.9 Å². The minimum absolute atomic E-state index is 0.0208. The zero-order valence-corrected chi connectivity index (χ0v) is 10.6. The summed E-state index contributed by atoms with van der Waals surface area (Å²) in [6.45, 7) is 3.89. The molecule has 0 amide bonds. The summed E-state index contributed by atoms with van der Waals surface area (Å²) in [6, 6.07) is 3.89. The molecule has 0 saturated heterocycles. The van der Waals surface area contributed by atoms with E-state index in [2.05, 4.69) is 9.97 Å². The quantitative estimate of drug-likeness (QED) is 0.844. The van der Waals surface area contributed by atoms with E-state index in [0.717, 1.165) is 16.5 Å². The molecule has 0 radical (unpaired) electrons. The van der Waals surface area contributed by atoms with Gasteiger partial charge in [-0.15, -0.1) is 0 Å². The lowest BCUT2D eigenvalue weighted by Crippen LogP contribution is -2.22. The van der Waals surface area contributed by atoms with Gasteiger partial charge in [0.2, 0.25) is 0 Å². The van der Waals surface area contributed by atoms with Gasteiger partial charge in [-0.05, 0) is 26.0 Å². The fraction of sp³-hybridized carbons (Fsp3) is 0.333. The predicted octanol–water partition coefficient (Wildman–Crippen LogP) is 2.56. The number of thioether (sulfide) groups is 1. The molecular formula is C12H15N3OS. The van der Waals surface area contributed by atoms with Gasteiger partial charge < -0.3 is 10.2 Å². The second-order valence-corrected chi connectivity index (χ2v) is 5.05. The molecule has 4 nitrogen and oxygen atoms in total. The van der Waals surface area contributed by atoms with Crippen LogP contribution in [-0.2, 0) is 0 Å². The van der Waals surface area contributed by atoms with Gasteiger partial charge in [0.15, 0.2) is 0 Å². The molecule has 17 heavy (non-hydrogen) atoms. The molecule has 0 saturated carbocycles. The highest BCUT2D eigenvalue weighted by atomic mass is 32.2. The van der Waals surface area contributed by atoms with Crippen LogP contribution in [0.15, 0.2) is 40.2 Å². The van der Waals surface area contributed by atoms with Gasteiger partial charge >= 0.3 is 0 Å². The molecule has 5 heteroatoms. The van der Waals surface area contributed by atoms with Crippen LogP contribution < -0.4 is 5.73 Å². The van der Waals surface area contributed by atoms with E-state index in [1.54, 1.807) is 30.4 Å². The van der Waals surface area contributed by atoms with E-state index in [4.69, 9.17) is 10.2 Å². The summed E-state index contributed by atoms with van der Waals surface area (Å²) in [7, 11) is 0.